The van der Waals surface area contributed by atoms with Gasteiger partial charge in [-0.15, -0.1) is 11.3 Å². The van der Waals surface area contributed by atoms with E-state index in [-0.39, 0.29) is 5.91 Å². The zero-order chi connectivity index (χ0) is 16.2. The number of carbonyl (C=O) groups is 1. The number of carbonyl (C=O) groups excluding carboxylic acids is 1. The predicted octanol–water partition coefficient (Wildman–Crippen LogP) is 4.00. The average molecular weight is 328 g/mol. The Morgan fingerprint density at radius 1 is 1.35 bits per heavy atom. The lowest BCUT2D eigenvalue weighted by molar-refractivity contribution is -0.121. The Morgan fingerprint density at radius 2 is 2.17 bits per heavy atom. The van der Waals surface area contributed by atoms with Crippen molar-refractivity contribution in [3.63, 3.8) is 0 Å². The van der Waals surface area contributed by atoms with Crippen molar-refractivity contribution in [2.45, 2.75) is 45.4 Å². The van der Waals surface area contributed by atoms with Crippen molar-refractivity contribution in [3.05, 3.63) is 51.5 Å². The van der Waals surface area contributed by atoms with E-state index in [1.807, 2.05) is 10.9 Å². The number of nitrogens with one attached hydrogen (secondary N) is 1. The molecule has 1 aromatic carbocycles. The molecule has 0 bridgehead atoms. The molecule has 1 aliphatic carbocycles. The minimum Gasteiger partial charge on any atom is -0.356 e. The van der Waals surface area contributed by atoms with Gasteiger partial charge in [0.05, 0.1) is 11.2 Å². The Morgan fingerprint density at radius 3 is 2.83 bits per heavy atom. The van der Waals surface area contributed by atoms with E-state index in [9.17, 15) is 4.79 Å². The fourth-order valence-corrected chi connectivity index (χ4v) is 3.61. The van der Waals surface area contributed by atoms with Crippen LogP contribution in [0, 0.1) is 19.8 Å². The number of aryl methyl sites for hydroxylation is 2. The first-order valence-electron chi connectivity index (χ1n) is 8.34. The second-order valence-corrected chi connectivity index (χ2v) is 7.29. The zero-order valence-electron chi connectivity index (χ0n) is 13.8. The molecule has 0 saturated heterocycles. The van der Waals surface area contributed by atoms with Crippen molar-refractivity contribution < 1.29 is 4.79 Å². The number of rotatable bonds is 7. The Bertz CT molecular complexity index is 662. The topological polar surface area (TPSA) is 42.0 Å². The van der Waals surface area contributed by atoms with Crippen molar-refractivity contribution in [2.24, 2.45) is 5.92 Å². The van der Waals surface area contributed by atoms with Crippen molar-refractivity contribution in [1.29, 1.82) is 0 Å². The van der Waals surface area contributed by atoms with Gasteiger partial charge in [-0.2, -0.15) is 0 Å². The molecule has 0 spiro atoms. The van der Waals surface area contributed by atoms with Gasteiger partial charge in [0.15, 0.2) is 0 Å². The maximum absolute atomic E-state index is 12.3. The van der Waals surface area contributed by atoms with Crippen molar-refractivity contribution in [3.8, 4) is 0 Å². The number of thiazole rings is 1. The van der Waals surface area contributed by atoms with E-state index >= 15 is 0 Å². The molecule has 1 fully saturated rings. The van der Waals surface area contributed by atoms with Gasteiger partial charge in [0, 0.05) is 24.8 Å². The van der Waals surface area contributed by atoms with Crippen LogP contribution in [0.4, 0.5) is 0 Å². The highest BCUT2D eigenvalue weighted by Gasteiger charge is 2.33. The van der Waals surface area contributed by atoms with Crippen LogP contribution < -0.4 is 5.32 Å². The normalized spacial score (nSPS) is 15.4. The second-order valence-electron chi connectivity index (χ2n) is 6.57. The average Bonchev–Trinajstić information content (AvgIpc) is 3.24. The Labute approximate surface area is 142 Å². The lowest BCUT2D eigenvalue weighted by atomic mass is 9.89. The summed E-state index contributed by atoms with van der Waals surface area (Å²) < 4.78 is 0. The number of hydrogen-bond acceptors (Lipinski definition) is 3. The molecule has 1 unspecified atom stereocenters. The SMILES string of the molecule is Cc1ccc(C(CC(=O)NCCc2cscn2)C2CC2)cc1C. The largest absolute Gasteiger partial charge is 0.356 e. The van der Waals surface area contributed by atoms with Crippen LogP contribution in [0.1, 0.15) is 47.6 Å². The van der Waals surface area contributed by atoms with Gasteiger partial charge in [-0.25, -0.2) is 4.98 Å². The van der Waals surface area contributed by atoms with Gasteiger partial charge >= 0.3 is 0 Å². The van der Waals surface area contributed by atoms with Crippen molar-refractivity contribution in [1.82, 2.24) is 10.3 Å². The first-order valence-corrected chi connectivity index (χ1v) is 9.28. The smallest absolute Gasteiger partial charge is 0.220 e. The quantitative estimate of drug-likeness (QED) is 0.834. The lowest BCUT2D eigenvalue weighted by Gasteiger charge is -2.18. The van der Waals surface area contributed by atoms with E-state index in [4.69, 9.17) is 0 Å². The molecule has 3 nitrogen and oxygen atoms in total. The summed E-state index contributed by atoms with van der Waals surface area (Å²) in [4.78, 5) is 16.6. The Kier molecular flexibility index (Phi) is 5.11. The summed E-state index contributed by atoms with van der Waals surface area (Å²) in [5.74, 6) is 1.21. The van der Waals surface area contributed by atoms with E-state index in [1.165, 1.54) is 29.5 Å². The van der Waals surface area contributed by atoms with Crippen LogP contribution in [-0.2, 0) is 11.2 Å². The van der Waals surface area contributed by atoms with Crippen LogP contribution in [0.25, 0.3) is 0 Å². The Balaban J connectivity index is 1.56. The van der Waals surface area contributed by atoms with Crippen LogP contribution in [-0.4, -0.2) is 17.4 Å². The molecule has 0 aliphatic heterocycles. The van der Waals surface area contributed by atoms with Gasteiger partial charge in [-0.3, -0.25) is 4.79 Å². The summed E-state index contributed by atoms with van der Waals surface area (Å²) in [5, 5.41) is 5.09. The summed E-state index contributed by atoms with van der Waals surface area (Å²) in [6.07, 6.45) is 3.92. The molecule has 23 heavy (non-hydrogen) atoms. The number of aromatic nitrogens is 1. The second kappa shape index (κ2) is 7.26. The molecule has 4 heteroatoms. The fraction of sp³-hybridized carbons (Fsp3) is 0.474. The third kappa shape index (κ3) is 4.41. The number of benzene rings is 1. The molecule has 3 rings (SSSR count). The van der Waals surface area contributed by atoms with Gasteiger partial charge in [-0.1, -0.05) is 18.2 Å². The van der Waals surface area contributed by atoms with Gasteiger partial charge in [0.25, 0.3) is 0 Å². The maximum atomic E-state index is 12.3. The van der Waals surface area contributed by atoms with Crippen molar-refractivity contribution >= 4 is 17.2 Å². The van der Waals surface area contributed by atoms with Gasteiger partial charge in [-0.05, 0) is 55.2 Å². The predicted molar refractivity (Wildman–Crippen MR) is 94.8 cm³/mol. The Hall–Kier alpha value is -1.68. The monoisotopic (exact) mass is 328 g/mol. The molecule has 2 aromatic rings. The molecule has 1 N–H and O–H groups in total. The number of hydrogen-bond donors (Lipinski definition) is 1. The summed E-state index contributed by atoms with van der Waals surface area (Å²) in [6, 6.07) is 6.65. The molecular weight excluding hydrogens is 304 g/mol. The van der Waals surface area contributed by atoms with Gasteiger partial charge < -0.3 is 5.32 Å². The van der Waals surface area contributed by atoms with E-state index < -0.39 is 0 Å². The van der Waals surface area contributed by atoms with E-state index in [1.54, 1.807) is 11.3 Å². The van der Waals surface area contributed by atoms with Crippen LogP contribution >= 0.6 is 11.3 Å². The van der Waals surface area contributed by atoms with Gasteiger partial charge in [0.2, 0.25) is 5.91 Å². The maximum Gasteiger partial charge on any atom is 0.220 e. The van der Waals surface area contributed by atoms with E-state index in [0.717, 1.165) is 12.1 Å². The third-order valence-corrected chi connectivity index (χ3v) is 5.38. The van der Waals surface area contributed by atoms with Crippen molar-refractivity contribution in [2.75, 3.05) is 6.54 Å². The van der Waals surface area contributed by atoms with E-state index in [2.05, 4.69) is 42.3 Å². The highest BCUT2D eigenvalue weighted by Crippen LogP contribution is 2.44. The molecule has 0 radical (unpaired) electrons. The van der Waals surface area contributed by atoms with Crippen LogP contribution in [0.5, 0.6) is 0 Å². The lowest BCUT2D eigenvalue weighted by Crippen LogP contribution is -2.27. The third-order valence-electron chi connectivity index (χ3n) is 4.74. The molecule has 1 aliphatic rings. The molecule has 122 valence electrons. The minimum atomic E-state index is 0.162. The summed E-state index contributed by atoms with van der Waals surface area (Å²) in [5.41, 5.74) is 6.85. The van der Waals surface area contributed by atoms with E-state index in [0.29, 0.717) is 24.8 Å². The molecular formula is C19H24N2OS. The summed E-state index contributed by atoms with van der Waals surface area (Å²) in [7, 11) is 0. The highest BCUT2D eigenvalue weighted by atomic mass is 32.1. The first kappa shape index (κ1) is 16.2. The zero-order valence-corrected chi connectivity index (χ0v) is 14.7. The summed E-state index contributed by atoms with van der Waals surface area (Å²) >= 11 is 1.60. The highest BCUT2D eigenvalue weighted by molar-refractivity contribution is 7.07. The van der Waals surface area contributed by atoms with Crippen LogP contribution in [0.3, 0.4) is 0 Å². The molecule has 1 amide bonds. The molecule has 1 atom stereocenters. The first-order chi connectivity index (χ1) is 11.1. The van der Waals surface area contributed by atoms with Crippen LogP contribution in [0.15, 0.2) is 29.1 Å². The number of amides is 1. The minimum absolute atomic E-state index is 0.162. The molecule has 1 aromatic heterocycles. The molecule has 1 heterocycles. The van der Waals surface area contributed by atoms with Crippen LogP contribution in [0.2, 0.25) is 0 Å². The molecule has 1 saturated carbocycles. The van der Waals surface area contributed by atoms with Gasteiger partial charge in [0.1, 0.15) is 0 Å². The summed E-state index contributed by atoms with van der Waals surface area (Å²) in [6.45, 7) is 4.96. The standard InChI is InChI=1S/C19H24N2OS/c1-13-3-4-16(9-14(13)2)18(15-5-6-15)10-19(22)20-8-7-17-11-23-12-21-17/h3-4,9,11-12,15,18H,5-8,10H2,1-2H3,(H,20,22). The fourth-order valence-electron chi connectivity index (χ4n) is 3.01. The number of nitrogens with zero attached hydrogens (tertiary/aromatic N) is 1.